The summed E-state index contributed by atoms with van der Waals surface area (Å²) in [5, 5.41) is 13.9. The minimum Gasteiger partial charge on any atom is -0.387 e. The molecule has 0 rings (SSSR count). The smallest absolute Gasteiger partial charge is 0.387 e. The number of phosphoric acid groups is 1. The highest BCUT2D eigenvalue weighted by molar-refractivity contribution is 7.47. The molecule has 0 aromatic rings. The first-order chi connectivity index (χ1) is 34.5. The van der Waals surface area contributed by atoms with Crippen molar-refractivity contribution in [3.05, 3.63) is 48.6 Å². The lowest BCUT2D eigenvalue weighted by molar-refractivity contribution is -0.870. The number of aliphatic hydroxyl groups is 1. The van der Waals surface area contributed by atoms with Crippen LogP contribution in [0.1, 0.15) is 290 Å². The van der Waals surface area contributed by atoms with Crippen LogP contribution in [-0.4, -0.2) is 73.4 Å². The lowest BCUT2D eigenvalue weighted by atomic mass is 10.0. The van der Waals surface area contributed by atoms with Crippen LogP contribution in [0, 0.1) is 0 Å². The Labute approximate surface area is 441 Å². The lowest BCUT2D eigenvalue weighted by Crippen LogP contribution is -2.45. The van der Waals surface area contributed by atoms with Gasteiger partial charge in [0.1, 0.15) is 13.2 Å². The first-order valence-electron chi connectivity index (χ1n) is 30.5. The maximum atomic E-state index is 13.0. The number of rotatable bonds is 56. The standard InChI is InChI=1S/C62H119N2O6P/c1-6-8-10-12-14-16-18-20-22-23-24-25-26-27-28-29-30-31-32-33-34-35-36-37-38-39-40-41-42-44-46-48-50-52-54-56-62(66)63-60(59-70-71(67,68)69-58-57-64(3,4)5)61(65)55-53-51-49-47-45-43-21-19-17-15-13-11-9-7-2/h26-27,29-30,45,47,53,55,60-61,65H,6-25,28,31-44,46,48-52,54,56-59H2,1-5H3,(H-,63,66,67,68)/p+1/b27-26-,30-29-,47-45+,55-53+. The van der Waals surface area contributed by atoms with Crippen LogP contribution in [0.25, 0.3) is 0 Å². The Morgan fingerprint density at radius 2 is 0.817 bits per heavy atom. The van der Waals surface area contributed by atoms with Crippen LogP contribution in [0.3, 0.4) is 0 Å². The van der Waals surface area contributed by atoms with Crippen molar-refractivity contribution < 1.29 is 32.9 Å². The average molecular weight is 1020 g/mol. The Morgan fingerprint density at radius 1 is 0.479 bits per heavy atom. The van der Waals surface area contributed by atoms with E-state index in [1.807, 2.05) is 27.2 Å². The molecule has 3 atom stereocenters. The molecule has 0 bridgehead atoms. The molecule has 0 aliphatic rings. The summed E-state index contributed by atoms with van der Waals surface area (Å²) in [6, 6.07) is -0.863. The molecule has 0 spiro atoms. The molecule has 0 aliphatic heterocycles. The molecular weight excluding hydrogens is 900 g/mol. The minimum atomic E-state index is -4.35. The summed E-state index contributed by atoms with van der Waals surface area (Å²) in [6.07, 6.45) is 71.0. The highest BCUT2D eigenvalue weighted by atomic mass is 31.2. The van der Waals surface area contributed by atoms with Gasteiger partial charge in [-0.3, -0.25) is 13.8 Å². The summed E-state index contributed by atoms with van der Waals surface area (Å²) < 4.78 is 23.7. The van der Waals surface area contributed by atoms with Gasteiger partial charge < -0.3 is 19.8 Å². The number of carbonyl (C=O) groups excluding carboxylic acids is 1. The second-order valence-electron chi connectivity index (χ2n) is 22.1. The number of amides is 1. The number of phosphoric ester groups is 1. The van der Waals surface area contributed by atoms with E-state index >= 15 is 0 Å². The molecule has 8 nitrogen and oxygen atoms in total. The number of hydrogen-bond donors (Lipinski definition) is 3. The Morgan fingerprint density at radius 3 is 1.21 bits per heavy atom. The molecule has 0 heterocycles. The normalized spacial score (nSPS) is 14.2. The monoisotopic (exact) mass is 1020 g/mol. The van der Waals surface area contributed by atoms with Crippen LogP contribution in [0.15, 0.2) is 48.6 Å². The summed E-state index contributed by atoms with van der Waals surface area (Å²) >= 11 is 0. The van der Waals surface area contributed by atoms with Crippen molar-refractivity contribution in [1.82, 2.24) is 5.32 Å². The fourth-order valence-corrected chi connectivity index (χ4v) is 9.71. The molecule has 0 radical (unpaired) electrons. The summed E-state index contributed by atoms with van der Waals surface area (Å²) in [7, 11) is 1.56. The molecule has 0 saturated carbocycles. The van der Waals surface area contributed by atoms with E-state index in [0.717, 1.165) is 44.9 Å². The van der Waals surface area contributed by atoms with Crippen LogP contribution in [0.2, 0.25) is 0 Å². The molecule has 0 saturated heterocycles. The molecular formula is C62H120N2O6P+. The Hall–Kier alpha value is -1.54. The van der Waals surface area contributed by atoms with Gasteiger partial charge in [0.25, 0.3) is 0 Å². The lowest BCUT2D eigenvalue weighted by Gasteiger charge is -2.25. The van der Waals surface area contributed by atoms with Crippen molar-refractivity contribution in [3.63, 3.8) is 0 Å². The van der Waals surface area contributed by atoms with Crippen LogP contribution >= 0.6 is 7.82 Å². The third-order valence-electron chi connectivity index (χ3n) is 13.8. The van der Waals surface area contributed by atoms with Gasteiger partial charge in [0, 0.05) is 6.42 Å². The largest absolute Gasteiger partial charge is 0.472 e. The first kappa shape index (κ1) is 69.5. The Bertz CT molecular complexity index is 1290. The zero-order valence-electron chi connectivity index (χ0n) is 47.7. The quantitative estimate of drug-likeness (QED) is 0.0243. The van der Waals surface area contributed by atoms with Crippen molar-refractivity contribution >= 4 is 13.7 Å². The number of carbonyl (C=O) groups is 1. The van der Waals surface area contributed by atoms with E-state index in [9.17, 15) is 19.4 Å². The molecule has 0 aromatic heterocycles. The molecule has 1 amide bonds. The molecule has 71 heavy (non-hydrogen) atoms. The van der Waals surface area contributed by atoms with E-state index in [1.54, 1.807) is 6.08 Å². The van der Waals surface area contributed by atoms with Crippen LogP contribution < -0.4 is 5.32 Å². The van der Waals surface area contributed by atoms with E-state index in [-0.39, 0.29) is 19.1 Å². The maximum absolute atomic E-state index is 13.0. The summed E-state index contributed by atoms with van der Waals surface area (Å²) in [4.78, 5) is 23.3. The number of likely N-dealkylation sites (N-methyl/N-ethyl adjacent to an activating group) is 1. The molecule has 3 N–H and O–H groups in total. The number of unbranched alkanes of at least 4 members (excludes halogenated alkanes) is 37. The van der Waals surface area contributed by atoms with Gasteiger partial charge in [-0.2, -0.15) is 0 Å². The predicted molar refractivity (Wildman–Crippen MR) is 309 cm³/mol. The van der Waals surface area contributed by atoms with E-state index in [4.69, 9.17) is 9.05 Å². The van der Waals surface area contributed by atoms with Crippen molar-refractivity contribution in [2.45, 2.75) is 302 Å². The number of quaternary nitrogens is 1. The second-order valence-corrected chi connectivity index (χ2v) is 23.5. The van der Waals surface area contributed by atoms with Crippen molar-refractivity contribution in [3.8, 4) is 0 Å². The molecule has 0 fully saturated rings. The van der Waals surface area contributed by atoms with E-state index < -0.39 is 20.0 Å². The van der Waals surface area contributed by atoms with Gasteiger partial charge in [0.15, 0.2) is 0 Å². The van der Waals surface area contributed by atoms with Crippen molar-refractivity contribution in [1.29, 1.82) is 0 Å². The fourth-order valence-electron chi connectivity index (χ4n) is 8.97. The average Bonchev–Trinajstić information content (AvgIpc) is 3.33. The number of allylic oxidation sites excluding steroid dienone is 7. The number of nitrogens with one attached hydrogen (secondary N) is 1. The van der Waals surface area contributed by atoms with Gasteiger partial charge in [-0.25, -0.2) is 4.57 Å². The van der Waals surface area contributed by atoms with E-state index in [1.165, 1.54) is 225 Å². The van der Waals surface area contributed by atoms with Gasteiger partial charge in [-0.05, 0) is 64.2 Å². The first-order valence-corrected chi connectivity index (χ1v) is 32.0. The minimum absolute atomic E-state index is 0.0564. The fraction of sp³-hybridized carbons (Fsp3) is 0.855. The van der Waals surface area contributed by atoms with Crippen LogP contribution in [-0.2, 0) is 18.4 Å². The van der Waals surface area contributed by atoms with Gasteiger partial charge in [-0.15, -0.1) is 0 Å². The van der Waals surface area contributed by atoms with E-state index in [2.05, 4.69) is 55.6 Å². The second kappa shape index (κ2) is 53.3. The summed E-state index contributed by atoms with van der Waals surface area (Å²) in [5.74, 6) is -0.185. The molecule has 418 valence electrons. The predicted octanol–water partition coefficient (Wildman–Crippen LogP) is 18.7. The molecule has 0 aliphatic carbocycles. The van der Waals surface area contributed by atoms with Crippen LogP contribution in [0.4, 0.5) is 0 Å². The molecule has 9 heteroatoms. The molecule has 3 unspecified atom stereocenters. The summed E-state index contributed by atoms with van der Waals surface area (Å²) in [6.45, 7) is 4.81. The number of nitrogens with zero attached hydrogens (tertiary/aromatic N) is 1. The highest BCUT2D eigenvalue weighted by Crippen LogP contribution is 2.43. The zero-order chi connectivity index (χ0) is 52.0. The highest BCUT2D eigenvalue weighted by Gasteiger charge is 2.27. The number of aliphatic hydroxyl groups excluding tert-OH is 1. The molecule has 0 aromatic carbocycles. The topological polar surface area (TPSA) is 105 Å². The zero-order valence-corrected chi connectivity index (χ0v) is 48.6. The number of hydrogen-bond acceptors (Lipinski definition) is 5. The van der Waals surface area contributed by atoms with Gasteiger partial charge in [-0.1, -0.05) is 268 Å². The SMILES string of the molecule is CCCCCCCCCC/C=C/CC/C=C/C(O)C(COP(=O)(O)OCC[N+](C)(C)C)NC(=O)CCCCCCCCCCCCCCCCCCC/C=C\C/C=C\CCCCCCCCCCCCC. The van der Waals surface area contributed by atoms with Gasteiger partial charge >= 0.3 is 7.82 Å². The van der Waals surface area contributed by atoms with Gasteiger partial charge in [0.05, 0.1) is 39.9 Å². The Balaban J connectivity index is 4.00. The third kappa shape index (κ3) is 56.0. The van der Waals surface area contributed by atoms with Crippen molar-refractivity contribution in [2.24, 2.45) is 0 Å². The Kier molecular flexibility index (Phi) is 52.1. The van der Waals surface area contributed by atoms with E-state index in [0.29, 0.717) is 17.4 Å². The summed E-state index contributed by atoms with van der Waals surface area (Å²) in [5.41, 5.74) is 0. The van der Waals surface area contributed by atoms with Gasteiger partial charge in [0.2, 0.25) is 5.91 Å². The van der Waals surface area contributed by atoms with Crippen molar-refractivity contribution in [2.75, 3.05) is 40.9 Å². The maximum Gasteiger partial charge on any atom is 0.472 e. The van der Waals surface area contributed by atoms with Crippen LogP contribution in [0.5, 0.6) is 0 Å². The third-order valence-corrected chi connectivity index (χ3v) is 14.8.